The minimum atomic E-state index is -0.954. The first-order chi connectivity index (χ1) is 9.08. The molecular weight excluding hydrogens is 374 g/mol. The maximum absolute atomic E-state index is 11.2. The van der Waals surface area contributed by atoms with Gasteiger partial charge in [0.05, 0.1) is 11.3 Å². The summed E-state index contributed by atoms with van der Waals surface area (Å²) in [6, 6.07) is 13.1. The van der Waals surface area contributed by atoms with E-state index in [0.29, 0.717) is 16.7 Å². The second-order valence-corrected chi connectivity index (χ2v) is 5.72. The van der Waals surface area contributed by atoms with E-state index in [-0.39, 0.29) is 5.56 Å². The summed E-state index contributed by atoms with van der Waals surface area (Å²) < 4.78 is 1.57. The fraction of sp³-hybridized carbons (Fsp3) is 0.0714. The van der Waals surface area contributed by atoms with Crippen LogP contribution >= 0.6 is 31.9 Å². The van der Waals surface area contributed by atoms with Gasteiger partial charge in [0.1, 0.15) is 0 Å². The molecule has 0 fully saturated rings. The van der Waals surface area contributed by atoms with Crippen LogP contribution in [0.4, 0.5) is 5.69 Å². The highest BCUT2D eigenvalue weighted by Gasteiger charge is 2.13. The quantitative estimate of drug-likeness (QED) is 0.814. The number of carboxylic acids is 1. The third-order valence-corrected chi connectivity index (χ3v) is 3.75. The maximum atomic E-state index is 11.2. The average molecular weight is 385 g/mol. The van der Waals surface area contributed by atoms with E-state index in [4.69, 9.17) is 0 Å². The summed E-state index contributed by atoms with van der Waals surface area (Å²) in [5.74, 6) is -0.954. The Labute approximate surface area is 127 Å². The van der Waals surface area contributed by atoms with Gasteiger partial charge in [-0.25, -0.2) is 4.79 Å². The molecule has 19 heavy (non-hydrogen) atoms. The van der Waals surface area contributed by atoms with E-state index < -0.39 is 5.97 Å². The lowest BCUT2D eigenvalue weighted by molar-refractivity contribution is 0.0697. The molecule has 2 aromatic carbocycles. The Kier molecular flexibility index (Phi) is 4.61. The van der Waals surface area contributed by atoms with E-state index in [0.717, 1.165) is 10.0 Å². The predicted molar refractivity (Wildman–Crippen MR) is 82.6 cm³/mol. The van der Waals surface area contributed by atoms with Gasteiger partial charge in [0, 0.05) is 15.5 Å². The molecule has 0 unspecified atom stereocenters. The highest BCUT2D eigenvalue weighted by Crippen LogP contribution is 2.25. The summed E-state index contributed by atoms with van der Waals surface area (Å²) in [4.78, 5) is 11.2. The standard InChI is InChI=1S/C14H11Br2NO2/c15-10-4-1-3-9(7-10)8-17-12-6-2-5-11(16)13(12)14(18)19/h1-7,17H,8H2,(H,18,19). The van der Waals surface area contributed by atoms with Crippen molar-refractivity contribution in [1.29, 1.82) is 0 Å². The Bertz CT molecular complexity index is 614. The first-order valence-electron chi connectivity index (χ1n) is 5.58. The van der Waals surface area contributed by atoms with Crippen LogP contribution in [0.5, 0.6) is 0 Å². The first-order valence-corrected chi connectivity index (χ1v) is 7.16. The lowest BCUT2D eigenvalue weighted by Gasteiger charge is -2.11. The number of anilines is 1. The zero-order chi connectivity index (χ0) is 13.8. The van der Waals surface area contributed by atoms with Gasteiger partial charge in [0.15, 0.2) is 0 Å². The number of carbonyl (C=O) groups is 1. The second-order valence-electron chi connectivity index (χ2n) is 3.95. The third-order valence-electron chi connectivity index (χ3n) is 2.60. The number of rotatable bonds is 4. The molecule has 0 spiro atoms. The molecule has 2 N–H and O–H groups in total. The minimum absolute atomic E-state index is 0.248. The van der Waals surface area contributed by atoms with Gasteiger partial charge in [-0.2, -0.15) is 0 Å². The van der Waals surface area contributed by atoms with Gasteiger partial charge >= 0.3 is 5.97 Å². The van der Waals surface area contributed by atoms with E-state index in [1.54, 1.807) is 18.2 Å². The Morgan fingerprint density at radius 1 is 1.16 bits per heavy atom. The number of aromatic carboxylic acids is 1. The van der Waals surface area contributed by atoms with Crippen LogP contribution in [0.25, 0.3) is 0 Å². The van der Waals surface area contributed by atoms with E-state index in [2.05, 4.69) is 37.2 Å². The number of benzene rings is 2. The fourth-order valence-corrected chi connectivity index (χ4v) is 2.72. The van der Waals surface area contributed by atoms with Crippen LogP contribution < -0.4 is 5.32 Å². The molecule has 5 heteroatoms. The van der Waals surface area contributed by atoms with Crippen LogP contribution in [-0.2, 0) is 6.54 Å². The van der Waals surface area contributed by atoms with Gasteiger partial charge in [-0.3, -0.25) is 0 Å². The van der Waals surface area contributed by atoms with E-state index >= 15 is 0 Å². The van der Waals surface area contributed by atoms with Crippen molar-refractivity contribution in [2.45, 2.75) is 6.54 Å². The Morgan fingerprint density at radius 2 is 1.89 bits per heavy atom. The van der Waals surface area contributed by atoms with Crippen LogP contribution in [0.1, 0.15) is 15.9 Å². The van der Waals surface area contributed by atoms with E-state index in [9.17, 15) is 9.90 Å². The highest BCUT2D eigenvalue weighted by atomic mass is 79.9. The smallest absolute Gasteiger partial charge is 0.338 e. The zero-order valence-electron chi connectivity index (χ0n) is 9.86. The molecule has 0 bridgehead atoms. The van der Waals surface area contributed by atoms with Gasteiger partial charge in [-0.15, -0.1) is 0 Å². The molecule has 0 aliphatic rings. The number of hydrogen-bond donors (Lipinski definition) is 2. The Balaban J connectivity index is 2.20. The van der Waals surface area contributed by atoms with E-state index in [1.807, 2.05) is 24.3 Å². The third kappa shape index (κ3) is 3.58. The molecular formula is C14H11Br2NO2. The topological polar surface area (TPSA) is 49.3 Å². The van der Waals surface area contributed by atoms with Gasteiger partial charge < -0.3 is 10.4 Å². The summed E-state index contributed by atoms with van der Waals surface area (Å²) >= 11 is 6.67. The predicted octanol–water partition coefficient (Wildman–Crippen LogP) is 4.52. The van der Waals surface area contributed by atoms with Gasteiger partial charge in [0.25, 0.3) is 0 Å². The molecule has 2 aromatic rings. The molecule has 0 radical (unpaired) electrons. The normalized spacial score (nSPS) is 10.2. The minimum Gasteiger partial charge on any atom is -0.478 e. The average Bonchev–Trinajstić information content (AvgIpc) is 2.36. The van der Waals surface area contributed by atoms with Gasteiger partial charge in [0.2, 0.25) is 0 Å². The van der Waals surface area contributed by atoms with Crippen molar-refractivity contribution >= 4 is 43.5 Å². The molecule has 2 rings (SSSR count). The number of nitrogens with one attached hydrogen (secondary N) is 1. The molecule has 0 aromatic heterocycles. The van der Waals surface area contributed by atoms with Gasteiger partial charge in [-0.1, -0.05) is 34.1 Å². The second kappa shape index (κ2) is 6.21. The molecule has 98 valence electrons. The van der Waals surface area contributed by atoms with Crippen molar-refractivity contribution in [3.05, 3.63) is 62.5 Å². The Morgan fingerprint density at radius 3 is 2.58 bits per heavy atom. The van der Waals surface area contributed by atoms with Crippen molar-refractivity contribution in [3.8, 4) is 0 Å². The molecule has 0 saturated carbocycles. The molecule has 0 aliphatic heterocycles. The molecule has 0 heterocycles. The van der Waals surface area contributed by atoms with Crippen LogP contribution in [-0.4, -0.2) is 11.1 Å². The van der Waals surface area contributed by atoms with E-state index in [1.165, 1.54) is 0 Å². The van der Waals surface area contributed by atoms with Crippen LogP contribution in [0.15, 0.2) is 51.4 Å². The summed E-state index contributed by atoms with van der Waals surface area (Å²) in [6.45, 7) is 0.566. The molecule has 0 atom stereocenters. The van der Waals surface area contributed by atoms with Crippen molar-refractivity contribution in [3.63, 3.8) is 0 Å². The largest absolute Gasteiger partial charge is 0.478 e. The number of halogens is 2. The monoisotopic (exact) mass is 383 g/mol. The van der Waals surface area contributed by atoms with Crippen LogP contribution in [0, 0.1) is 0 Å². The number of hydrogen-bond acceptors (Lipinski definition) is 2. The van der Waals surface area contributed by atoms with Crippen LogP contribution in [0.2, 0.25) is 0 Å². The molecule has 0 saturated heterocycles. The van der Waals surface area contributed by atoms with Crippen molar-refractivity contribution in [1.82, 2.24) is 0 Å². The lowest BCUT2D eigenvalue weighted by Crippen LogP contribution is -2.07. The maximum Gasteiger partial charge on any atom is 0.338 e. The highest BCUT2D eigenvalue weighted by molar-refractivity contribution is 9.10. The SMILES string of the molecule is O=C(O)c1c(Br)cccc1NCc1cccc(Br)c1. The van der Waals surface area contributed by atoms with Crippen molar-refractivity contribution in [2.75, 3.05) is 5.32 Å². The lowest BCUT2D eigenvalue weighted by atomic mass is 10.1. The van der Waals surface area contributed by atoms with Crippen molar-refractivity contribution in [2.24, 2.45) is 0 Å². The van der Waals surface area contributed by atoms with Crippen molar-refractivity contribution < 1.29 is 9.90 Å². The summed E-state index contributed by atoms with van der Waals surface area (Å²) in [5.41, 5.74) is 1.92. The fourth-order valence-electron chi connectivity index (χ4n) is 1.73. The summed E-state index contributed by atoms with van der Waals surface area (Å²) in [5, 5.41) is 12.4. The van der Waals surface area contributed by atoms with Gasteiger partial charge in [-0.05, 0) is 45.8 Å². The summed E-state index contributed by atoms with van der Waals surface area (Å²) in [7, 11) is 0. The van der Waals surface area contributed by atoms with Crippen LogP contribution in [0.3, 0.4) is 0 Å². The molecule has 0 amide bonds. The molecule has 3 nitrogen and oxygen atoms in total. The number of carboxylic acid groups (broad SMARTS) is 1. The Hall–Kier alpha value is -1.33. The first kappa shape index (κ1) is 14.1. The molecule has 0 aliphatic carbocycles. The zero-order valence-corrected chi connectivity index (χ0v) is 13.0. The summed E-state index contributed by atoms with van der Waals surface area (Å²) in [6.07, 6.45) is 0.